The fourth-order valence-electron chi connectivity index (χ4n) is 1.11. The maximum Gasteiger partial charge on any atom is 0.294 e. The molecular weight excluding hydrogens is 218 g/mol. The largest absolute Gasteiger partial charge is 0.372 e. The van der Waals surface area contributed by atoms with Gasteiger partial charge in [-0.15, -0.1) is 0 Å². The predicted molar refractivity (Wildman–Crippen MR) is 55.7 cm³/mol. The fraction of sp³-hybridized carbons (Fsp3) is 0.556. The Balaban J connectivity index is 0.000000187. The highest BCUT2D eigenvalue weighted by Gasteiger charge is 2.49. The van der Waals surface area contributed by atoms with Gasteiger partial charge in [0, 0.05) is 18.3 Å². The van der Waals surface area contributed by atoms with Crippen LogP contribution in [0.5, 0.6) is 0 Å². The molecule has 0 spiro atoms. The molecule has 1 heterocycles. The number of aromatic amines is 1. The van der Waals surface area contributed by atoms with Crippen molar-refractivity contribution in [2.75, 3.05) is 0 Å². The highest BCUT2D eigenvalue weighted by molar-refractivity contribution is 7.87. The summed E-state index contributed by atoms with van der Waals surface area (Å²) >= 11 is 0. The highest BCUT2D eigenvalue weighted by Crippen LogP contribution is 2.41. The first-order chi connectivity index (χ1) is 6.86. The minimum Gasteiger partial charge on any atom is -0.372 e. The van der Waals surface area contributed by atoms with Crippen molar-refractivity contribution >= 4 is 10.1 Å². The van der Waals surface area contributed by atoms with Crippen LogP contribution in [0, 0.1) is 5.92 Å². The summed E-state index contributed by atoms with van der Waals surface area (Å²) in [6, 6.07) is 3.89. The van der Waals surface area contributed by atoms with E-state index in [1.807, 2.05) is 24.5 Å². The van der Waals surface area contributed by atoms with Crippen molar-refractivity contribution in [1.29, 1.82) is 0 Å². The summed E-state index contributed by atoms with van der Waals surface area (Å²) in [4.78, 5) is 0.938. The van der Waals surface area contributed by atoms with Gasteiger partial charge in [-0.2, -0.15) is 8.42 Å². The molecule has 15 heavy (non-hydrogen) atoms. The lowest BCUT2D eigenvalue weighted by atomic mass is 10.3. The third-order valence-electron chi connectivity index (χ3n) is 2.35. The van der Waals surface area contributed by atoms with Gasteiger partial charge in [-0.3, -0.25) is 4.55 Å². The molecular formula is C9H15NO4S. The number of rotatable bonds is 2. The molecule has 1 aliphatic carbocycles. The van der Waals surface area contributed by atoms with E-state index in [0.717, 1.165) is 6.92 Å². The number of H-pyrrole nitrogens is 1. The number of nitrogens with one attached hydrogen (secondary N) is 1. The standard InChI is InChI=1S/C5H10O4S.C4H5N/c1-5(6,4-2-3-4)10(7,8)9;1-2-4-5-3-1/h4,6H,2-3H2,1H3,(H,7,8,9);1-5H. The highest BCUT2D eigenvalue weighted by atomic mass is 32.2. The lowest BCUT2D eigenvalue weighted by molar-refractivity contribution is 0.110. The first kappa shape index (κ1) is 12.2. The van der Waals surface area contributed by atoms with Crippen molar-refractivity contribution in [2.24, 2.45) is 5.92 Å². The van der Waals surface area contributed by atoms with E-state index in [2.05, 4.69) is 4.98 Å². The maximum absolute atomic E-state index is 10.4. The van der Waals surface area contributed by atoms with E-state index >= 15 is 0 Å². The molecule has 1 aromatic rings. The monoisotopic (exact) mass is 233 g/mol. The van der Waals surface area contributed by atoms with Gasteiger partial charge in [0.2, 0.25) is 0 Å². The van der Waals surface area contributed by atoms with E-state index < -0.39 is 15.1 Å². The van der Waals surface area contributed by atoms with Crippen LogP contribution in [0.4, 0.5) is 0 Å². The Labute approximate surface area is 88.9 Å². The number of aliphatic hydroxyl groups is 1. The molecule has 1 aliphatic rings. The fourth-order valence-corrected chi connectivity index (χ4v) is 1.76. The first-order valence-corrected chi connectivity index (χ1v) is 6.07. The molecule has 86 valence electrons. The van der Waals surface area contributed by atoms with Gasteiger partial charge in [0.05, 0.1) is 0 Å². The average molecular weight is 233 g/mol. The van der Waals surface area contributed by atoms with Crippen LogP contribution >= 0.6 is 0 Å². The van der Waals surface area contributed by atoms with E-state index in [1.165, 1.54) is 0 Å². The van der Waals surface area contributed by atoms with Crippen molar-refractivity contribution in [3.8, 4) is 0 Å². The van der Waals surface area contributed by atoms with Crippen LogP contribution in [0.3, 0.4) is 0 Å². The molecule has 5 nitrogen and oxygen atoms in total. The SMILES string of the molecule is CC(O)(C1CC1)S(=O)(=O)O.c1cc[nH]c1. The van der Waals surface area contributed by atoms with E-state index in [1.54, 1.807) is 0 Å². The Morgan fingerprint density at radius 3 is 1.93 bits per heavy atom. The normalized spacial score (nSPS) is 19.9. The van der Waals surface area contributed by atoms with Gasteiger partial charge in [0.25, 0.3) is 10.1 Å². The van der Waals surface area contributed by atoms with E-state index in [-0.39, 0.29) is 5.92 Å². The predicted octanol–water partition coefficient (Wildman–Crippen LogP) is 1.01. The van der Waals surface area contributed by atoms with Gasteiger partial charge in [0.1, 0.15) is 0 Å². The second-order valence-corrected chi connectivity index (χ2v) is 5.47. The zero-order chi connectivity index (χ0) is 11.5. The molecule has 2 rings (SSSR count). The summed E-state index contributed by atoms with van der Waals surface area (Å²) in [7, 11) is -4.28. The first-order valence-electron chi connectivity index (χ1n) is 4.63. The second-order valence-electron chi connectivity index (χ2n) is 3.69. The topological polar surface area (TPSA) is 90.4 Å². The Kier molecular flexibility index (Phi) is 3.54. The van der Waals surface area contributed by atoms with Crippen LogP contribution in [0.1, 0.15) is 19.8 Å². The third kappa shape index (κ3) is 3.33. The molecule has 0 aromatic carbocycles. The van der Waals surface area contributed by atoms with Gasteiger partial charge >= 0.3 is 0 Å². The molecule has 3 N–H and O–H groups in total. The van der Waals surface area contributed by atoms with Crippen LogP contribution in [-0.2, 0) is 10.1 Å². The molecule has 1 aromatic heterocycles. The second kappa shape index (κ2) is 4.34. The molecule has 0 radical (unpaired) electrons. The number of hydrogen-bond donors (Lipinski definition) is 3. The van der Waals surface area contributed by atoms with Gasteiger partial charge < -0.3 is 10.1 Å². The number of hydrogen-bond acceptors (Lipinski definition) is 3. The molecule has 0 amide bonds. The van der Waals surface area contributed by atoms with Crippen molar-refractivity contribution < 1.29 is 18.1 Å². The van der Waals surface area contributed by atoms with Crippen molar-refractivity contribution in [3.05, 3.63) is 24.5 Å². The summed E-state index contributed by atoms with van der Waals surface area (Å²) in [5.41, 5.74) is 0. The minimum atomic E-state index is -4.28. The van der Waals surface area contributed by atoms with Crippen molar-refractivity contribution in [1.82, 2.24) is 4.98 Å². The zero-order valence-corrected chi connectivity index (χ0v) is 9.24. The Morgan fingerprint density at radius 1 is 1.33 bits per heavy atom. The van der Waals surface area contributed by atoms with Gasteiger partial charge in [-0.05, 0) is 31.9 Å². The quantitative estimate of drug-likeness (QED) is 0.665. The summed E-state index contributed by atoms with van der Waals surface area (Å²) in [5, 5.41) is 9.15. The van der Waals surface area contributed by atoms with E-state index in [0.29, 0.717) is 12.8 Å². The summed E-state index contributed by atoms with van der Waals surface area (Å²) in [6.07, 6.45) is 5.10. The van der Waals surface area contributed by atoms with E-state index in [4.69, 9.17) is 9.66 Å². The molecule has 1 saturated carbocycles. The lowest BCUT2D eigenvalue weighted by Gasteiger charge is -2.17. The van der Waals surface area contributed by atoms with Gasteiger partial charge in [0.15, 0.2) is 4.93 Å². The Hall–Kier alpha value is -0.850. The average Bonchev–Trinajstić information content (AvgIpc) is 2.80. The summed E-state index contributed by atoms with van der Waals surface area (Å²) in [6.45, 7) is 1.12. The molecule has 1 atom stereocenters. The molecule has 1 unspecified atom stereocenters. The maximum atomic E-state index is 10.4. The Morgan fingerprint density at radius 2 is 1.80 bits per heavy atom. The molecule has 0 bridgehead atoms. The van der Waals surface area contributed by atoms with E-state index in [9.17, 15) is 8.42 Å². The van der Waals surface area contributed by atoms with Crippen molar-refractivity contribution in [3.63, 3.8) is 0 Å². The molecule has 0 aliphatic heterocycles. The van der Waals surface area contributed by atoms with Gasteiger partial charge in [-0.25, -0.2) is 0 Å². The third-order valence-corrected chi connectivity index (χ3v) is 3.73. The Bertz CT molecular complexity index is 361. The van der Waals surface area contributed by atoms with Crippen LogP contribution in [-0.4, -0.2) is 28.0 Å². The van der Waals surface area contributed by atoms with Crippen LogP contribution in [0.15, 0.2) is 24.5 Å². The van der Waals surface area contributed by atoms with Gasteiger partial charge in [-0.1, -0.05) is 0 Å². The zero-order valence-electron chi connectivity index (χ0n) is 8.42. The molecule has 0 saturated heterocycles. The summed E-state index contributed by atoms with van der Waals surface area (Å²) < 4.78 is 29.4. The van der Waals surface area contributed by atoms with Crippen molar-refractivity contribution in [2.45, 2.75) is 24.7 Å². The minimum absolute atomic E-state index is 0.275. The smallest absolute Gasteiger partial charge is 0.294 e. The van der Waals surface area contributed by atoms with Crippen LogP contribution < -0.4 is 0 Å². The summed E-state index contributed by atoms with van der Waals surface area (Å²) in [5.74, 6) is -0.275. The lowest BCUT2D eigenvalue weighted by Crippen LogP contribution is -2.36. The van der Waals surface area contributed by atoms with Crippen LogP contribution in [0.25, 0.3) is 0 Å². The van der Waals surface area contributed by atoms with Crippen LogP contribution in [0.2, 0.25) is 0 Å². The molecule has 1 fully saturated rings. The number of aromatic nitrogens is 1. The molecule has 6 heteroatoms.